The number of anilines is 1. The fourth-order valence-electron chi connectivity index (χ4n) is 2.08. The minimum atomic E-state index is -0.450. The van der Waals surface area contributed by atoms with E-state index in [1.807, 2.05) is 0 Å². The summed E-state index contributed by atoms with van der Waals surface area (Å²) in [5, 5.41) is 14.6. The summed E-state index contributed by atoms with van der Waals surface area (Å²) in [5.74, 6) is -0.267. The molecule has 6 nitrogen and oxygen atoms in total. The molecule has 0 saturated carbocycles. The van der Waals surface area contributed by atoms with Crippen molar-refractivity contribution in [1.29, 1.82) is 0 Å². The van der Waals surface area contributed by atoms with Crippen molar-refractivity contribution >= 4 is 29.1 Å². The minimum absolute atomic E-state index is 0.0149. The molecule has 1 aromatic heterocycles. The van der Waals surface area contributed by atoms with Gasteiger partial charge in [0, 0.05) is 29.4 Å². The van der Waals surface area contributed by atoms with Crippen LogP contribution in [0.4, 0.5) is 10.5 Å². The van der Waals surface area contributed by atoms with Gasteiger partial charge < -0.3 is 20.7 Å². The van der Waals surface area contributed by atoms with Gasteiger partial charge in [0.25, 0.3) is 0 Å². The van der Waals surface area contributed by atoms with Gasteiger partial charge in [0.05, 0.1) is 11.4 Å². The van der Waals surface area contributed by atoms with Crippen LogP contribution in [0.15, 0.2) is 36.5 Å². The van der Waals surface area contributed by atoms with E-state index in [-0.39, 0.29) is 18.4 Å². The van der Waals surface area contributed by atoms with E-state index in [0.29, 0.717) is 28.4 Å². The van der Waals surface area contributed by atoms with Crippen LogP contribution in [0.2, 0.25) is 5.02 Å². The molecular formula is C16H18ClN3O3. The van der Waals surface area contributed by atoms with Crippen molar-refractivity contribution in [1.82, 2.24) is 10.3 Å². The Morgan fingerprint density at radius 3 is 2.78 bits per heavy atom. The maximum Gasteiger partial charge on any atom is 0.319 e. The Balaban J connectivity index is 2.19. The first-order valence-corrected chi connectivity index (χ1v) is 7.55. The Labute approximate surface area is 138 Å². The van der Waals surface area contributed by atoms with Gasteiger partial charge in [-0.15, -0.1) is 0 Å². The first-order chi connectivity index (χ1) is 11.0. The van der Waals surface area contributed by atoms with Crippen LogP contribution in [0.5, 0.6) is 0 Å². The SMILES string of the molecule is CC(CCO)NC(=O)Nc1ccc(Cl)cc1C(=O)c1ccc[nH]1. The second kappa shape index (κ2) is 7.80. The third-order valence-corrected chi connectivity index (χ3v) is 3.49. The molecule has 0 radical (unpaired) electrons. The van der Waals surface area contributed by atoms with Crippen LogP contribution in [0.25, 0.3) is 0 Å². The number of urea groups is 1. The molecule has 2 rings (SSSR count). The molecule has 1 heterocycles. The number of aromatic amines is 1. The van der Waals surface area contributed by atoms with Gasteiger partial charge in [0.2, 0.25) is 5.78 Å². The highest BCUT2D eigenvalue weighted by Gasteiger charge is 2.17. The van der Waals surface area contributed by atoms with E-state index < -0.39 is 6.03 Å². The van der Waals surface area contributed by atoms with Crippen molar-refractivity contribution < 1.29 is 14.7 Å². The highest BCUT2D eigenvalue weighted by molar-refractivity contribution is 6.31. The van der Waals surface area contributed by atoms with Crippen molar-refractivity contribution in [3.05, 3.63) is 52.8 Å². The van der Waals surface area contributed by atoms with E-state index in [1.165, 1.54) is 6.07 Å². The van der Waals surface area contributed by atoms with E-state index in [1.54, 1.807) is 37.4 Å². The van der Waals surface area contributed by atoms with Crippen molar-refractivity contribution in [2.45, 2.75) is 19.4 Å². The summed E-state index contributed by atoms with van der Waals surface area (Å²) in [5.41, 5.74) is 1.07. The summed E-state index contributed by atoms with van der Waals surface area (Å²) in [6.07, 6.45) is 2.09. The van der Waals surface area contributed by atoms with Gasteiger partial charge in [-0.2, -0.15) is 0 Å². The Morgan fingerprint density at radius 2 is 2.13 bits per heavy atom. The van der Waals surface area contributed by atoms with Crippen LogP contribution < -0.4 is 10.6 Å². The number of nitrogens with one attached hydrogen (secondary N) is 3. The molecule has 1 atom stereocenters. The number of aliphatic hydroxyl groups is 1. The summed E-state index contributed by atoms with van der Waals surface area (Å²) in [7, 11) is 0. The molecule has 0 saturated heterocycles. The molecule has 1 unspecified atom stereocenters. The van der Waals surface area contributed by atoms with E-state index in [4.69, 9.17) is 16.7 Å². The Hall–Kier alpha value is -2.31. The fraction of sp³-hybridized carbons (Fsp3) is 0.250. The van der Waals surface area contributed by atoms with Gasteiger partial charge in [0.15, 0.2) is 0 Å². The van der Waals surface area contributed by atoms with E-state index in [0.717, 1.165) is 0 Å². The molecule has 0 aliphatic rings. The molecule has 0 aliphatic heterocycles. The molecule has 1 aromatic carbocycles. The predicted molar refractivity (Wildman–Crippen MR) is 89.0 cm³/mol. The quantitative estimate of drug-likeness (QED) is 0.611. The highest BCUT2D eigenvalue weighted by Crippen LogP contribution is 2.23. The summed E-state index contributed by atoms with van der Waals surface area (Å²) < 4.78 is 0. The smallest absolute Gasteiger partial charge is 0.319 e. The number of rotatable bonds is 6. The fourth-order valence-corrected chi connectivity index (χ4v) is 2.25. The van der Waals surface area contributed by atoms with Gasteiger partial charge in [-0.1, -0.05) is 11.6 Å². The van der Waals surface area contributed by atoms with Crippen LogP contribution in [-0.4, -0.2) is 34.6 Å². The molecule has 0 spiro atoms. The molecule has 4 N–H and O–H groups in total. The standard InChI is InChI=1S/C16H18ClN3O3/c1-10(6-8-21)19-16(23)20-13-5-4-11(17)9-12(13)15(22)14-3-2-7-18-14/h2-5,7,9-10,18,21H,6,8H2,1H3,(H2,19,20,23). The summed E-state index contributed by atoms with van der Waals surface area (Å²) in [4.78, 5) is 27.3. The highest BCUT2D eigenvalue weighted by atomic mass is 35.5. The molecule has 7 heteroatoms. The number of hydrogen-bond acceptors (Lipinski definition) is 3. The van der Waals surface area contributed by atoms with E-state index in [2.05, 4.69) is 15.6 Å². The Bertz CT molecular complexity index is 686. The van der Waals surface area contributed by atoms with Gasteiger partial charge in [-0.25, -0.2) is 4.79 Å². The monoisotopic (exact) mass is 335 g/mol. The second-order valence-corrected chi connectivity index (χ2v) is 5.55. The molecule has 2 amide bonds. The van der Waals surface area contributed by atoms with Crippen LogP contribution in [-0.2, 0) is 0 Å². The number of ketones is 1. The second-order valence-electron chi connectivity index (χ2n) is 5.11. The number of halogens is 1. The van der Waals surface area contributed by atoms with Gasteiger partial charge in [-0.3, -0.25) is 4.79 Å². The van der Waals surface area contributed by atoms with Gasteiger partial charge >= 0.3 is 6.03 Å². The van der Waals surface area contributed by atoms with Crippen molar-refractivity contribution in [2.24, 2.45) is 0 Å². The van der Waals surface area contributed by atoms with Crippen LogP contribution in [0.1, 0.15) is 29.4 Å². The molecule has 23 heavy (non-hydrogen) atoms. The van der Waals surface area contributed by atoms with Crippen molar-refractivity contribution in [3.63, 3.8) is 0 Å². The lowest BCUT2D eigenvalue weighted by Crippen LogP contribution is -2.36. The maximum absolute atomic E-state index is 12.5. The average Bonchev–Trinajstić information content (AvgIpc) is 3.02. The van der Waals surface area contributed by atoms with Gasteiger partial charge in [-0.05, 0) is 43.7 Å². The normalized spacial score (nSPS) is 11.8. The largest absolute Gasteiger partial charge is 0.396 e. The number of amides is 2. The van der Waals surface area contributed by atoms with Crippen LogP contribution in [0.3, 0.4) is 0 Å². The number of aliphatic hydroxyl groups excluding tert-OH is 1. The molecule has 0 bridgehead atoms. The summed E-state index contributed by atoms with van der Waals surface area (Å²) in [6.45, 7) is 1.77. The zero-order valence-corrected chi connectivity index (χ0v) is 13.4. The van der Waals surface area contributed by atoms with E-state index in [9.17, 15) is 9.59 Å². The average molecular weight is 336 g/mol. The minimum Gasteiger partial charge on any atom is -0.396 e. The molecule has 122 valence electrons. The van der Waals surface area contributed by atoms with Crippen molar-refractivity contribution in [3.8, 4) is 0 Å². The summed E-state index contributed by atoms with van der Waals surface area (Å²) in [6, 6.07) is 7.42. The van der Waals surface area contributed by atoms with Crippen molar-refractivity contribution in [2.75, 3.05) is 11.9 Å². The van der Waals surface area contributed by atoms with Gasteiger partial charge in [0.1, 0.15) is 0 Å². The number of carbonyl (C=O) groups is 2. The first kappa shape index (κ1) is 17.1. The molecule has 0 fully saturated rings. The predicted octanol–water partition coefficient (Wildman–Crippen LogP) is 2.79. The van der Waals surface area contributed by atoms with Crippen LogP contribution in [0, 0.1) is 0 Å². The zero-order valence-electron chi connectivity index (χ0n) is 12.6. The number of H-pyrrole nitrogens is 1. The number of benzene rings is 1. The number of hydrogen-bond donors (Lipinski definition) is 4. The van der Waals surface area contributed by atoms with E-state index >= 15 is 0 Å². The zero-order chi connectivity index (χ0) is 16.8. The first-order valence-electron chi connectivity index (χ1n) is 7.17. The number of aromatic nitrogens is 1. The Kier molecular flexibility index (Phi) is 5.78. The number of carbonyl (C=O) groups excluding carboxylic acids is 2. The lowest BCUT2D eigenvalue weighted by atomic mass is 10.1. The lowest BCUT2D eigenvalue weighted by molar-refractivity contribution is 0.103. The molecular weight excluding hydrogens is 318 g/mol. The molecule has 2 aromatic rings. The Morgan fingerprint density at radius 1 is 1.35 bits per heavy atom. The third kappa shape index (κ3) is 4.58. The topological polar surface area (TPSA) is 94.2 Å². The third-order valence-electron chi connectivity index (χ3n) is 3.26. The maximum atomic E-state index is 12.5. The van der Waals surface area contributed by atoms with Crippen LogP contribution >= 0.6 is 11.6 Å². The molecule has 0 aliphatic carbocycles. The lowest BCUT2D eigenvalue weighted by Gasteiger charge is -2.15. The summed E-state index contributed by atoms with van der Waals surface area (Å²) >= 11 is 5.97.